The maximum absolute atomic E-state index is 12.6. The number of aliphatic hydroxyl groups is 2. The highest BCUT2D eigenvalue weighted by Gasteiger charge is 2.21. The predicted octanol–water partition coefficient (Wildman–Crippen LogP) is -2.72. The highest BCUT2D eigenvalue weighted by molar-refractivity contribution is 5.73. The minimum atomic E-state index is -1.30. The van der Waals surface area contributed by atoms with Gasteiger partial charge in [-0.3, -0.25) is 33.3 Å². The van der Waals surface area contributed by atoms with Gasteiger partial charge in [0.2, 0.25) is 11.6 Å². The molecule has 0 amide bonds. The average molecular weight is 408 g/mol. The Hall–Kier alpha value is -3.85. The number of rotatable bonds is 5. The summed E-state index contributed by atoms with van der Waals surface area (Å²) in [7, 11) is 2.62. The van der Waals surface area contributed by atoms with Crippen molar-refractivity contribution in [2.24, 2.45) is 24.3 Å². The molecule has 0 radical (unpaired) electrons. The van der Waals surface area contributed by atoms with Gasteiger partial charge in [0.25, 0.3) is 17.1 Å². The maximum Gasteiger partial charge on any atom is 0.332 e. The Morgan fingerprint density at radius 1 is 1.10 bits per heavy atom. The van der Waals surface area contributed by atoms with Crippen LogP contribution in [0.4, 0.5) is 11.6 Å². The lowest BCUT2D eigenvalue weighted by molar-refractivity contribution is 0.0824. The lowest BCUT2D eigenvalue weighted by Gasteiger charge is -2.10. The summed E-state index contributed by atoms with van der Waals surface area (Å²) in [6.45, 7) is -0.967. The molecule has 0 aliphatic heterocycles. The van der Waals surface area contributed by atoms with Gasteiger partial charge in [-0.15, -0.1) is 10.2 Å². The van der Waals surface area contributed by atoms with Crippen LogP contribution in [0.5, 0.6) is 5.88 Å². The SMILES string of the molecule is Cn1c(=O)c2c(nc(N=Nc3c(O)[nH]c(=O)[nH]c3=O)n2CC(O)CO)n(C)c1=O. The van der Waals surface area contributed by atoms with Crippen LogP contribution in [0.1, 0.15) is 0 Å². The lowest BCUT2D eigenvalue weighted by Crippen LogP contribution is -2.38. The molecular formula is C14H16N8O7. The van der Waals surface area contributed by atoms with Crippen molar-refractivity contribution in [2.45, 2.75) is 12.6 Å². The van der Waals surface area contributed by atoms with Crippen LogP contribution in [0.25, 0.3) is 11.2 Å². The van der Waals surface area contributed by atoms with Crippen LogP contribution in [0, 0.1) is 0 Å². The zero-order valence-corrected chi connectivity index (χ0v) is 15.1. The van der Waals surface area contributed by atoms with Crippen LogP contribution < -0.4 is 22.5 Å². The molecule has 0 fully saturated rings. The number of H-pyrrole nitrogens is 2. The molecule has 3 aromatic rings. The van der Waals surface area contributed by atoms with Crippen molar-refractivity contribution in [3.8, 4) is 5.88 Å². The number of azo groups is 1. The van der Waals surface area contributed by atoms with Gasteiger partial charge in [-0.1, -0.05) is 0 Å². The van der Waals surface area contributed by atoms with Gasteiger partial charge in [0.05, 0.1) is 19.3 Å². The summed E-state index contributed by atoms with van der Waals surface area (Å²) in [5.74, 6) is -1.14. The van der Waals surface area contributed by atoms with E-state index in [-0.39, 0.29) is 23.7 Å². The van der Waals surface area contributed by atoms with E-state index in [4.69, 9.17) is 5.11 Å². The second kappa shape index (κ2) is 7.28. The van der Waals surface area contributed by atoms with Gasteiger partial charge in [0.1, 0.15) is 0 Å². The normalized spacial score (nSPS) is 12.8. The van der Waals surface area contributed by atoms with Gasteiger partial charge in [0.15, 0.2) is 11.2 Å². The monoisotopic (exact) mass is 408 g/mol. The van der Waals surface area contributed by atoms with E-state index < -0.39 is 46.8 Å². The van der Waals surface area contributed by atoms with Crippen molar-refractivity contribution in [3.63, 3.8) is 0 Å². The number of nitrogens with zero attached hydrogens (tertiary/aromatic N) is 6. The van der Waals surface area contributed by atoms with Crippen LogP contribution in [0.2, 0.25) is 0 Å². The number of fused-ring (bicyclic) bond motifs is 1. The van der Waals surface area contributed by atoms with Crippen LogP contribution >= 0.6 is 0 Å². The number of aryl methyl sites for hydroxylation is 1. The van der Waals surface area contributed by atoms with E-state index in [1.807, 2.05) is 9.97 Å². The predicted molar refractivity (Wildman–Crippen MR) is 96.8 cm³/mol. The smallest absolute Gasteiger partial charge is 0.332 e. The summed E-state index contributed by atoms with van der Waals surface area (Å²) in [5.41, 5.74) is -4.18. The summed E-state index contributed by atoms with van der Waals surface area (Å²) in [4.78, 5) is 55.4. The number of nitrogens with one attached hydrogen (secondary N) is 2. The number of aromatic amines is 2. The van der Waals surface area contributed by atoms with Gasteiger partial charge in [-0.05, 0) is 0 Å². The van der Waals surface area contributed by atoms with E-state index in [0.29, 0.717) is 0 Å². The molecule has 15 heteroatoms. The summed E-state index contributed by atoms with van der Waals surface area (Å²) < 4.78 is 3.01. The second-order valence-electron chi connectivity index (χ2n) is 6.04. The molecule has 0 saturated heterocycles. The van der Waals surface area contributed by atoms with Gasteiger partial charge in [-0.25, -0.2) is 9.59 Å². The van der Waals surface area contributed by atoms with Gasteiger partial charge >= 0.3 is 11.4 Å². The third kappa shape index (κ3) is 3.39. The van der Waals surface area contributed by atoms with Crippen LogP contribution in [0.15, 0.2) is 29.4 Å². The average Bonchev–Trinajstić information content (AvgIpc) is 3.02. The molecule has 15 nitrogen and oxygen atoms in total. The molecule has 0 aromatic carbocycles. The van der Waals surface area contributed by atoms with Gasteiger partial charge in [0, 0.05) is 14.1 Å². The molecule has 1 unspecified atom stereocenters. The summed E-state index contributed by atoms with van der Waals surface area (Å²) in [6, 6.07) is 0. The van der Waals surface area contributed by atoms with Gasteiger partial charge < -0.3 is 15.3 Å². The Bertz CT molecular complexity index is 1360. The molecule has 1 atom stereocenters. The first kappa shape index (κ1) is 19.9. The summed E-state index contributed by atoms with van der Waals surface area (Å²) >= 11 is 0. The zero-order valence-electron chi connectivity index (χ0n) is 15.1. The van der Waals surface area contributed by atoms with E-state index in [1.54, 1.807) is 0 Å². The minimum absolute atomic E-state index is 0.0724. The third-order valence-electron chi connectivity index (χ3n) is 4.07. The number of aromatic hydroxyl groups is 1. The van der Waals surface area contributed by atoms with E-state index in [0.717, 1.165) is 13.7 Å². The standard InChI is InChI=1S/C14H16N8O7/c1-20-8-7(11(27)21(2)14(20)29)22(3-5(24)4-23)12(15-8)19-18-6-9(25)16-13(28)17-10(6)26/h5,23-24H,3-4H2,1-2H3,(H3,16,17,25,26,28). The Kier molecular flexibility index (Phi) is 5.00. The molecule has 5 N–H and O–H groups in total. The highest BCUT2D eigenvalue weighted by Crippen LogP contribution is 2.23. The molecular weight excluding hydrogens is 392 g/mol. The van der Waals surface area contributed by atoms with Crippen molar-refractivity contribution in [3.05, 3.63) is 41.7 Å². The van der Waals surface area contributed by atoms with Crippen LogP contribution in [0.3, 0.4) is 0 Å². The van der Waals surface area contributed by atoms with E-state index in [1.165, 1.54) is 14.1 Å². The number of hydrogen-bond donors (Lipinski definition) is 5. The van der Waals surface area contributed by atoms with Crippen LogP contribution in [-0.4, -0.2) is 56.7 Å². The number of aliphatic hydroxyl groups excluding tert-OH is 2. The molecule has 29 heavy (non-hydrogen) atoms. The first-order chi connectivity index (χ1) is 13.6. The van der Waals surface area contributed by atoms with E-state index >= 15 is 0 Å². The first-order valence-electron chi connectivity index (χ1n) is 8.08. The molecule has 154 valence electrons. The molecule has 0 saturated carbocycles. The summed E-state index contributed by atoms with van der Waals surface area (Å²) in [5, 5.41) is 35.9. The Labute approximate surface area is 158 Å². The van der Waals surface area contributed by atoms with Crippen LogP contribution in [-0.2, 0) is 20.6 Å². The number of imidazole rings is 1. The fourth-order valence-corrected chi connectivity index (χ4v) is 2.61. The Morgan fingerprint density at radius 3 is 2.41 bits per heavy atom. The molecule has 0 bridgehead atoms. The van der Waals surface area contributed by atoms with Crippen molar-refractivity contribution >= 4 is 22.8 Å². The fourth-order valence-electron chi connectivity index (χ4n) is 2.61. The molecule has 3 rings (SSSR count). The molecule has 3 heterocycles. The van der Waals surface area contributed by atoms with Crippen molar-refractivity contribution < 1.29 is 15.3 Å². The summed E-state index contributed by atoms with van der Waals surface area (Å²) in [6.07, 6.45) is -1.30. The first-order valence-corrected chi connectivity index (χ1v) is 8.08. The zero-order chi connectivity index (χ0) is 21.5. The third-order valence-corrected chi connectivity index (χ3v) is 4.07. The fraction of sp³-hybridized carbons (Fsp3) is 0.357. The molecule has 0 aliphatic rings. The lowest BCUT2D eigenvalue weighted by atomic mass is 10.3. The Balaban J connectivity index is 2.29. The number of aromatic nitrogens is 6. The second-order valence-corrected chi connectivity index (χ2v) is 6.04. The van der Waals surface area contributed by atoms with E-state index in [9.17, 15) is 29.4 Å². The van der Waals surface area contributed by atoms with Crippen molar-refractivity contribution in [1.29, 1.82) is 0 Å². The Morgan fingerprint density at radius 2 is 1.79 bits per heavy atom. The van der Waals surface area contributed by atoms with Crippen molar-refractivity contribution in [1.82, 2.24) is 28.7 Å². The molecule has 3 aromatic heterocycles. The maximum atomic E-state index is 12.6. The molecule has 0 spiro atoms. The van der Waals surface area contributed by atoms with E-state index in [2.05, 4.69) is 15.2 Å². The van der Waals surface area contributed by atoms with Crippen molar-refractivity contribution in [2.75, 3.05) is 6.61 Å². The van der Waals surface area contributed by atoms with Gasteiger partial charge in [-0.2, -0.15) is 4.98 Å². The largest absolute Gasteiger partial charge is 0.493 e. The number of hydrogen-bond acceptors (Lipinski definition) is 10. The topological polar surface area (TPSA) is 213 Å². The quantitative estimate of drug-likeness (QED) is 0.279. The minimum Gasteiger partial charge on any atom is -0.493 e. The molecule has 0 aliphatic carbocycles. The highest BCUT2D eigenvalue weighted by atomic mass is 16.3.